The molecule has 0 aliphatic carbocycles. The number of fused-ring (bicyclic) bond motifs is 2. The molecule has 0 aliphatic heterocycles. The van der Waals surface area contributed by atoms with Crippen LogP contribution in [-0.4, -0.2) is 42.6 Å². The summed E-state index contributed by atoms with van der Waals surface area (Å²) in [5.41, 5.74) is 2.06. The van der Waals surface area contributed by atoms with E-state index >= 15 is 0 Å². The Labute approximate surface area is 285 Å². The fourth-order valence-electron chi connectivity index (χ4n) is 4.31. The van der Waals surface area contributed by atoms with E-state index in [9.17, 15) is 40.0 Å². The first-order chi connectivity index (χ1) is 23.2. The van der Waals surface area contributed by atoms with Crippen molar-refractivity contribution in [2.75, 3.05) is 0 Å². The van der Waals surface area contributed by atoms with Crippen molar-refractivity contribution in [3.8, 4) is 11.5 Å². The van der Waals surface area contributed by atoms with Crippen molar-refractivity contribution in [1.82, 2.24) is 9.97 Å². The molecule has 0 amide bonds. The summed E-state index contributed by atoms with van der Waals surface area (Å²) < 4.78 is 0. The van der Waals surface area contributed by atoms with Gasteiger partial charge in [-0.3, -0.25) is 39.8 Å². The van der Waals surface area contributed by atoms with Gasteiger partial charge in [0.05, 0.1) is 43.7 Å². The number of rotatable bonds is 8. The van der Waals surface area contributed by atoms with Crippen LogP contribution in [0.1, 0.15) is 20.7 Å². The zero-order valence-corrected chi connectivity index (χ0v) is 25.7. The minimum absolute atomic E-state index is 0. The third kappa shape index (κ3) is 7.93. The number of carbonyl (C=O) groups is 2. The second-order valence-corrected chi connectivity index (χ2v) is 9.65. The Morgan fingerprint density at radius 1 is 0.592 bits per heavy atom. The number of aldehydes is 2. The van der Waals surface area contributed by atoms with E-state index in [0.29, 0.717) is 46.1 Å². The smallest absolute Gasteiger partial charge is 0.269 e. The number of pyridine rings is 2. The van der Waals surface area contributed by atoms with Gasteiger partial charge in [0.25, 0.3) is 11.4 Å². The summed E-state index contributed by atoms with van der Waals surface area (Å²) >= 11 is 0. The first-order valence-electron chi connectivity index (χ1n) is 13.6. The van der Waals surface area contributed by atoms with Crippen molar-refractivity contribution in [1.29, 1.82) is 0 Å². The molecule has 2 heterocycles. The molecule has 245 valence electrons. The molecule has 0 fully saturated rings. The van der Waals surface area contributed by atoms with Crippen molar-refractivity contribution in [2.24, 2.45) is 20.5 Å². The molecular formula is C32H20CoN8O8. The summed E-state index contributed by atoms with van der Waals surface area (Å²) in [4.78, 5) is 50.5. The summed E-state index contributed by atoms with van der Waals surface area (Å²) in [5, 5.41) is 58.5. The van der Waals surface area contributed by atoms with Gasteiger partial charge in [0.15, 0.2) is 24.1 Å². The van der Waals surface area contributed by atoms with E-state index in [0.717, 1.165) is 0 Å². The SMILES string of the molecule is O=Cc1cc(N=Nc2ccc([N+](=O)[O-])cc2)c2cccnc2c1O.O=Cc1cc(N=Nc2ccc([N+](=O)[O-])cc2)c2cccnc2c1O.[Co]. The Morgan fingerprint density at radius 3 is 1.29 bits per heavy atom. The summed E-state index contributed by atoms with van der Waals surface area (Å²) in [5.74, 6) is -0.426. The summed E-state index contributed by atoms with van der Waals surface area (Å²) in [6, 6.07) is 20.7. The number of benzene rings is 4. The Morgan fingerprint density at radius 2 is 0.959 bits per heavy atom. The fraction of sp³-hybridized carbons (Fsp3) is 0. The molecule has 0 bridgehead atoms. The third-order valence-corrected chi connectivity index (χ3v) is 6.67. The van der Waals surface area contributed by atoms with E-state index < -0.39 is 9.85 Å². The minimum atomic E-state index is -0.504. The number of nitro groups is 2. The molecular weight excluding hydrogens is 683 g/mol. The maximum absolute atomic E-state index is 11.1. The number of aromatic nitrogens is 2. The second-order valence-electron chi connectivity index (χ2n) is 9.65. The van der Waals surface area contributed by atoms with Gasteiger partial charge in [-0.2, -0.15) is 10.2 Å². The minimum Gasteiger partial charge on any atom is -0.505 e. The van der Waals surface area contributed by atoms with E-state index in [-0.39, 0.29) is 61.8 Å². The van der Waals surface area contributed by atoms with Gasteiger partial charge in [0, 0.05) is 64.2 Å². The van der Waals surface area contributed by atoms with Crippen LogP contribution in [0.5, 0.6) is 11.5 Å². The number of aromatic hydroxyl groups is 2. The first kappa shape index (κ1) is 35.0. The second kappa shape index (κ2) is 15.6. The van der Waals surface area contributed by atoms with Crippen LogP contribution < -0.4 is 0 Å². The van der Waals surface area contributed by atoms with Crippen LogP contribution in [0.15, 0.2) is 118 Å². The number of carbonyl (C=O) groups excluding carboxylic acids is 2. The Bertz CT molecular complexity index is 2100. The number of phenolic OH excluding ortho intramolecular Hbond substituents is 2. The fourth-order valence-corrected chi connectivity index (χ4v) is 4.31. The largest absolute Gasteiger partial charge is 0.505 e. The van der Waals surface area contributed by atoms with Crippen LogP contribution in [0.3, 0.4) is 0 Å². The molecule has 16 nitrogen and oxygen atoms in total. The normalized spacial score (nSPS) is 10.8. The number of azo groups is 2. The van der Waals surface area contributed by atoms with Crippen molar-refractivity contribution < 1.29 is 46.4 Å². The van der Waals surface area contributed by atoms with E-state index in [1.807, 2.05) is 0 Å². The summed E-state index contributed by atoms with van der Waals surface area (Å²) in [6.45, 7) is 0. The Kier molecular flexibility index (Phi) is 11.2. The summed E-state index contributed by atoms with van der Waals surface area (Å²) in [7, 11) is 0. The number of nitrogens with zero attached hydrogens (tertiary/aromatic N) is 8. The van der Waals surface area contributed by atoms with E-state index in [1.165, 1.54) is 73.1 Å². The zero-order valence-electron chi connectivity index (χ0n) is 24.6. The van der Waals surface area contributed by atoms with E-state index in [2.05, 4.69) is 30.4 Å². The average molecular weight is 703 g/mol. The molecule has 6 rings (SSSR count). The third-order valence-electron chi connectivity index (χ3n) is 6.67. The standard InChI is InChI=1S/2C16H10N4O4.Co/c2*21-9-10-8-14(13-2-1-7-17-15(13)16(10)22)19-18-11-3-5-12(6-4-11)20(23)24;/h2*1-9,22H;. The molecule has 6 aromatic rings. The van der Waals surface area contributed by atoms with Crippen LogP contribution in [-0.2, 0) is 16.8 Å². The maximum Gasteiger partial charge on any atom is 0.269 e. The summed E-state index contributed by atoms with van der Waals surface area (Å²) in [6.07, 6.45) is 4.00. The van der Waals surface area contributed by atoms with Crippen LogP contribution in [0, 0.1) is 20.2 Å². The molecule has 0 saturated carbocycles. The molecule has 0 unspecified atom stereocenters. The quantitative estimate of drug-likeness (QED) is 0.0667. The van der Waals surface area contributed by atoms with Crippen LogP contribution in [0.25, 0.3) is 21.8 Å². The number of phenols is 2. The average Bonchev–Trinajstić information content (AvgIpc) is 3.12. The number of nitro benzene ring substituents is 2. The van der Waals surface area contributed by atoms with Gasteiger partial charge in [-0.25, -0.2) is 0 Å². The number of non-ortho nitro benzene ring substituents is 2. The molecule has 0 spiro atoms. The number of hydrogen-bond donors (Lipinski definition) is 2. The molecule has 17 heteroatoms. The Balaban J connectivity index is 0.000000216. The van der Waals surface area contributed by atoms with Crippen LogP contribution in [0.4, 0.5) is 34.1 Å². The van der Waals surface area contributed by atoms with Gasteiger partial charge in [-0.05, 0) is 60.7 Å². The van der Waals surface area contributed by atoms with Crippen LogP contribution in [0.2, 0.25) is 0 Å². The predicted octanol–water partition coefficient (Wildman–Crippen LogP) is 8.15. The van der Waals surface area contributed by atoms with Gasteiger partial charge in [0.1, 0.15) is 11.0 Å². The van der Waals surface area contributed by atoms with Crippen molar-refractivity contribution in [3.05, 3.63) is 129 Å². The number of hydrogen-bond acceptors (Lipinski definition) is 14. The topological polar surface area (TPSA) is 236 Å². The molecule has 0 atom stereocenters. The Hall–Kier alpha value is -6.85. The maximum atomic E-state index is 11.1. The van der Waals surface area contributed by atoms with E-state index in [1.54, 1.807) is 24.3 Å². The predicted molar refractivity (Wildman–Crippen MR) is 172 cm³/mol. The molecule has 0 aliphatic rings. The molecule has 2 aromatic heterocycles. The molecule has 49 heavy (non-hydrogen) atoms. The van der Waals surface area contributed by atoms with Crippen molar-refractivity contribution in [3.63, 3.8) is 0 Å². The molecule has 2 N–H and O–H groups in total. The molecule has 4 aromatic carbocycles. The van der Waals surface area contributed by atoms with Gasteiger partial charge >= 0.3 is 0 Å². The zero-order chi connectivity index (χ0) is 34.2. The van der Waals surface area contributed by atoms with Crippen molar-refractivity contribution in [2.45, 2.75) is 0 Å². The van der Waals surface area contributed by atoms with Gasteiger partial charge in [0.2, 0.25) is 0 Å². The monoisotopic (exact) mass is 703 g/mol. The van der Waals surface area contributed by atoms with E-state index in [4.69, 9.17) is 0 Å². The van der Waals surface area contributed by atoms with Gasteiger partial charge < -0.3 is 10.2 Å². The molecule has 0 saturated heterocycles. The molecule has 1 radical (unpaired) electrons. The van der Waals surface area contributed by atoms with Gasteiger partial charge in [-0.15, -0.1) is 10.2 Å². The van der Waals surface area contributed by atoms with Crippen LogP contribution >= 0.6 is 0 Å². The first-order valence-corrected chi connectivity index (χ1v) is 13.6. The van der Waals surface area contributed by atoms with Gasteiger partial charge in [-0.1, -0.05) is 0 Å². The van der Waals surface area contributed by atoms with Crippen molar-refractivity contribution >= 4 is 68.5 Å².